The van der Waals surface area contributed by atoms with Crippen molar-refractivity contribution >= 4 is 28.9 Å². The molecule has 8 heteroatoms. The smallest absolute Gasteiger partial charge is 0.249 e. The maximum absolute atomic E-state index is 12.1. The zero-order chi connectivity index (χ0) is 19.5. The predicted octanol–water partition coefficient (Wildman–Crippen LogP) is 4.02. The van der Waals surface area contributed by atoms with Crippen molar-refractivity contribution in [1.29, 1.82) is 5.26 Å². The predicted molar refractivity (Wildman–Crippen MR) is 111 cm³/mol. The van der Waals surface area contributed by atoms with Crippen molar-refractivity contribution in [3.63, 3.8) is 0 Å². The molecule has 6 nitrogen and oxygen atoms in total. The minimum Gasteiger partial charge on any atom is -0.361 e. The van der Waals surface area contributed by atoms with E-state index in [0.717, 1.165) is 16.0 Å². The Labute approximate surface area is 169 Å². The van der Waals surface area contributed by atoms with Crippen molar-refractivity contribution in [2.24, 2.45) is 4.99 Å². The van der Waals surface area contributed by atoms with Crippen LogP contribution in [0.2, 0.25) is 0 Å². The Kier molecular flexibility index (Phi) is 5.02. The number of nitrogens with zero attached hydrogens (tertiary/aromatic N) is 2. The fourth-order valence-electron chi connectivity index (χ4n) is 2.75. The third kappa shape index (κ3) is 3.71. The lowest BCUT2D eigenvalue weighted by Crippen LogP contribution is -2.17. The first-order valence-corrected chi connectivity index (χ1v) is 10.1. The van der Waals surface area contributed by atoms with Crippen LogP contribution in [-0.2, 0) is 10.6 Å². The van der Waals surface area contributed by atoms with E-state index in [4.69, 9.17) is 4.84 Å². The van der Waals surface area contributed by atoms with Gasteiger partial charge in [-0.15, -0.1) is 23.1 Å². The molecule has 0 atom stereocenters. The van der Waals surface area contributed by atoms with Gasteiger partial charge in [-0.25, -0.2) is 5.48 Å². The van der Waals surface area contributed by atoms with Crippen molar-refractivity contribution in [1.82, 2.24) is 10.5 Å². The van der Waals surface area contributed by atoms with Gasteiger partial charge in [0.2, 0.25) is 11.4 Å². The Morgan fingerprint density at radius 2 is 2.18 bits per heavy atom. The Balaban J connectivity index is 1.61. The normalized spacial score (nSPS) is 12.8. The first-order valence-electron chi connectivity index (χ1n) is 8.28. The molecule has 3 aromatic rings. The van der Waals surface area contributed by atoms with Crippen LogP contribution >= 0.6 is 23.1 Å². The molecule has 0 saturated carbocycles. The Morgan fingerprint density at radius 3 is 2.89 bits per heavy atom. The molecule has 0 aliphatic carbocycles. The van der Waals surface area contributed by atoms with Crippen LogP contribution < -0.4 is 11.0 Å². The molecule has 0 amide bonds. The SMILES string of the molecule is C=C1N=C(c2cccc(CSc3[nH]c(=O)cc(-c4cccs4)c3C#N)c2)NO1. The molecule has 0 radical (unpaired) electrons. The molecular weight excluding hydrogens is 392 g/mol. The summed E-state index contributed by atoms with van der Waals surface area (Å²) in [5.74, 6) is 1.50. The topological polar surface area (TPSA) is 90.3 Å². The molecule has 138 valence electrons. The maximum Gasteiger partial charge on any atom is 0.249 e. The molecule has 2 N–H and O–H groups in total. The van der Waals surface area contributed by atoms with Crippen molar-refractivity contribution < 1.29 is 4.84 Å². The van der Waals surface area contributed by atoms with Crippen molar-refractivity contribution in [3.05, 3.63) is 87.4 Å². The zero-order valence-corrected chi connectivity index (χ0v) is 16.2. The third-order valence-corrected chi connectivity index (χ3v) is 5.97. The summed E-state index contributed by atoms with van der Waals surface area (Å²) in [6, 6.07) is 15.3. The fourth-order valence-corrected chi connectivity index (χ4v) is 4.46. The summed E-state index contributed by atoms with van der Waals surface area (Å²) in [5.41, 5.74) is 5.55. The number of aromatic amines is 1. The minimum absolute atomic E-state index is 0.223. The van der Waals surface area contributed by atoms with Crippen molar-refractivity contribution in [2.45, 2.75) is 10.8 Å². The van der Waals surface area contributed by atoms with Gasteiger partial charge in [0, 0.05) is 27.8 Å². The first kappa shape index (κ1) is 18.1. The number of hydrogen-bond acceptors (Lipinski definition) is 7. The van der Waals surface area contributed by atoms with Gasteiger partial charge >= 0.3 is 0 Å². The second-order valence-corrected chi connectivity index (χ2v) is 7.82. The Hall–Kier alpha value is -3.28. The number of pyridine rings is 1. The van der Waals surface area contributed by atoms with E-state index in [2.05, 4.69) is 28.1 Å². The molecule has 28 heavy (non-hydrogen) atoms. The summed E-state index contributed by atoms with van der Waals surface area (Å²) >= 11 is 2.92. The number of nitriles is 1. The molecule has 1 aliphatic rings. The summed E-state index contributed by atoms with van der Waals surface area (Å²) in [4.78, 5) is 25.1. The highest BCUT2D eigenvalue weighted by Gasteiger charge is 2.15. The number of hydroxylamine groups is 1. The van der Waals surface area contributed by atoms with Crippen molar-refractivity contribution in [3.8, 4) is 16.5 Å². The van der Waals surface area contributed by atoms with Crippen LogP contribution in [0.25, 0.3) is 10.4 Å². The van der Waals surface area contributed by atoms with Gasteiger partial charge in [-0.2, -0.15) is 10.3 Å². The number of aromatic nitrogens is 1. The van der Waals surface area contributed by atoms with Crippen LogP contribution in [0.5, 0.6) is 0 Å². The maximum atomic E-state index is 12.1. The van der Waals surface area contributed by atoms with Crippen LogP contribution in [0.4, 0.5) is 0 Å². The lowest BCUT2D eigenvalue weighted by molar-refractivity contribution is 0.179. The highest BCUT2D eigenvalue weighted by atomic mass is 32.2. The van der Waals surface area contributed by atoms with Crippen LogP contribution in [0.3, 0.4) is 0 Å². The summed E-state index contributed by atoms with van der Waals surface area (Å²) in [7, 11) is 0. The molecule has 0 spiro atoms. The van der Waals surface area contributed by atoms with Crippen LogP contribution in [0, 0.1) is 11.3 Å². The molecular formula is C20H14N4O2S2. The van der Waals surface area contributed by atoms with E-state index in [1.165, 1.54) is 29.2 Å². The van der Waals surface area contributed by atoms with E-state index >= 15 is 0 Å². The minimum atomic E-state index is -0.223. The summed E-state index contributed by atoms with van der Waals surface area (Å²) in [6.07, 6.45) is 0. The summed E-state index contributed by atoms with van der Waals surface area (Å²) in [5, 5.41) is 12.2. The quantitative estimate of drug-likeness (QED) is 0.625. The van der Waals surface area contributed by atoms with E-state index in [-0.39, 0.29) is 5.56 Å². The lowest BCUT2D eigenvalue weighted by Gasteiger charge is -2.09. The molecule has 2 aromatic heterocycles. The number of thiophene rings is 1. The zero-order valence-electron chi connectivity index (χ0n) is 14.6. The van der Waals surface area contributed by atoms with E-state index in [9.17, 15) is 10.1 Å². The van der Waals surface area contributed by atoms with Crippen LogP contribution in [0.1, 0.15) is 16.7 Å². The largest absolute Gasteiger partial charge is 0.361 e. The number of benzene rings is 1. The van der Waals surface area contributed by atoms with Gasteiger partial charge in [0.25, 0.3) is 0 Å². The number of H-pyrrole nitrogens is 1. The Morgan fingerprint density at radius 1 is 1.29 bits per heavy atom. The third-order valence-electron chi connectivity index (χ3n) is 3.99. The molecule has 0 unspecified atom stereocenters. The van der Waals surface area contributed by atoms with Gasteiger partial charge in [-0.3, -0.25) is 4.79 Å². The van der Waals surface area contributed by atoms with Gasteiger partial charge < -0.3 is 9.82 Å². The number of aliphatic imine (C=N–C) groups is 1. The van der Waals surface area contributed by atoms with Gasteiger partial charge in [0.05, 0.1) is 10.6 Å². The first-order chi connectivity index (χ1) is 13.6. The van der Waals surface area contributed by atoms with E-state index in [0.29, 0.717) is 33.6 Å². The molecule has 4 rings (SSSR count). The average Bonchev–Trinajstić information content (AvgIpc) is 3.38. The average molecular weight is 406 g/mol. The van der Waals surface area contributed by atoms with Gasteiger partial charge in [0.1, 0.15) is 6.07 Å². The molecule has 1 aromatic carbocycles. The second-order valence-electron chi connectivity index (χ2n) is 5.89. The van der Waals surface area contributed by atoms with E-state index in [1.807, 2.05) is 41.8 Å². The van der Waals surface area contributed by atoms with Gasteiger partial charge in [-0.1, -0.05) is 24.3 Å². The molecule has 1 aliphatic heterocycles. The molecule has 3 heterocycles. The van der Waals surface area contributed by atoms with Gasteiger partial charge in [-0.05, 0) is 29.7 Å². The van der Waals surface area contributed by atoms with E-state index in [1.54, 1.807) is 0 Å². The fraction of sp³-hybridized carbons (Fsp3) is 0.0500. The van der Waals surface area contributed by atoms with Crippen molar-refractivity contribution in [2.75, 3.05) is 0 Å². The molecule has 0 fully saturated rings. The van der Waals surface area contributed by atoms with Crippen LogP contribution in [0.15, 0.2) is 75.1 Å². The van der Waals surface area contributed by atoms with Gasteiger partial charge in [0.15, 0.2) is 5.84 Å². The number of amidine groups is 1. The number of rotatable bonds is 5. The Bertz CT molecular complexity index is 1170. The molecule has 0 bridgehead atoms. The summed E-state index contributed by atoms with van der Waals surface area (Å²) in [6.45, 7) is 3.65. The van der Waals surface area contributed by atoms with Crippen LogP contribution in [-0.4, -0.2) is 10.8 Å². The highest BCUT2D eigenvalue weighted by molar-refractivity contribution is 7.98. The second kappa shape index (κ2) is 7.76. The highest BCUT2D eigenvalue weighted by Crippen LogP contribution is 2.32. The number of thioether (sulfide) groups is 1. The number of hydrogen-bond donors (Lipinski definition) is 2. The molecule has 0 saturated heterocycles. The summed E-state index contributed by atoms with van der Waals surface area (Å²) < 4.78 is 0. The standard InChI is InChI=1S/C20H14N4O2S2/c1-12-22-19(24-26-12)14-5-2-4-13(8-14)11-28-20-16(10-21)15(9-18(25)23-20)17-6-3-7-27-17/h2-9H,1,11H2,(H,22,24)(H,23,25). The number of nitrogens with one attached hydrogen (secondary N) is 2. The van der Waals surface area contributed by atoms with E-state index < -0.39 is 0 Å². The monoisotopic (exact) mass is 406 g/mol. The lowest BCUT2D eigenvalue weighted by atomic mass is 10.1.